The smallest absolute Gasteiger partial charge is 0.335 e. The Balaban J connectivity index is 1.99. The van der Waals surface area contributed by atoms with Crippen LogP contribution in [0.4, 0.5) is 0 Å². The number of carbonyl (C=O) groups excluding carboxylic acids is 1. The van der Waals surface area contributed by atoms with E-state index in [0.29, 0.717) is 0 Å². The van der Waals surface area contributed by atoms with Gasteiger partial charge in [-0.05, 0) is 25.0 Å². The quantitative estimate of drug-likeness (QED) is 0.889. The molecule has 1 aromatic rings. The van der Waals surface area contributed by atoms with Crippen molar-refractivity contribution < 1.29 is 14.7 Å². The van der Waals surface area contributed by atoms with Crippen LogP contribution in [0.1, 0.15) is 65.8 Å². The second-order valence-corrected chi connectivity index (χ2v) is 5.25. The number of pyridine rings is 1. The lowest BCUT2D eigenvalue weighted by Crippen LogP contribution is -2.35. The van der Waals surface area contributed by atoms with Gasteiger partial charge in [-0.1, -0.05) is 32.1 Å². The molecule has 1 aliphatic rings. The maximum absolute atomic E-state index is 12.1. The molecule has 20 heavy (non-hydrogen) atoms. The van der Waals surface area contributed by atoms with E-state index in [9.17, 15) is 9.59 Å². The van der Waals surface area contributed by atoms with Crippen molar-refractivity contribution in [3.8, 4) is 0 Å². The molecule has 0 aromatic carbocycles. The summed E-state index contributed by atoms with van der Waals surface area (Å²) in [6.45, 7) is 0. The molecule has 0 bridgehead atoms. The van der Waals surface area contributed by atoms with Crippen molar-refractivity contribution in [3.05, 3.63) is 29.6 Å². The van der Waals surface area contributed by atoms with Crippen LogP contribution in [0.25, 0.3) is 0 Å². The summed E-state index contributed by atoms with van der Waals surface area (Å²) in [5.41, 5.74) is 0.259. The van der Waals surface area contributed by atoms with Gasteiger partial charge in [-0.25, -0.2) is 4.79 Å². The van der Waals surface area contributed by atoms with Gasteiger partial charge in [-0.2, -0.15) is 0 Å². The van der Waals surface area contributed by atoms with Gasteiger partial charge >= 0.3 is 5.97 Å². The van der Waals surface area contributed by atoms with Crippen molar-refractivity contribution in [3.63, 3.8) is 0 Å². The fourth-order valence-corrected chi connectivity index (χ4v) is 2.55. The first-order valence-corrected chi connectivity index (χ1v) is 7.17. The van der Waals surface area contributed by atoms with Gasteiger partial charge in [0, 0.05) is 12.2 Å². The first kappa shape index (κ1) is 14.5. The Bertz CT molecular complexity index is 480. The molecule has 0 spiro atoms. The Hall–Kier alpha value is -1.91. The second kappa shape index (κ2) is 7.03. The number of rotatable bonds is 3. The Morgan fingerprint density at radius 2 is 1.80 bits per heavy atom. The van der Waals surface area contributed by atoms with E-state index in [4.69, 9.17) is 5.11 Å². The monoisotopic (exact) mass is 276 g/mol. The van der Waals surface area contributed by atoms with E-state index >= 15 is 0 Å². The molecule has 5 heteroatoms. The summed E-state index contributed by atoms with van der Waals surface area (Å²) in [5.74, 6) is -1.33. The van der Waals surface area contributed by atoms with Gasteiger partial charge in [-0.3, -0.25) is 9.78 Å². The van der Waals surface area contributed by atoms with Crippen LogP contribution in [0.15, 0.2) is 18.3 Å². The summed E-state index contributed by atoms with van der Waals surface area (Å²) < 4.78 is 0. The van der Waals surface area contributed by atoms with Crippen molar-refractivity contribution in [2.75, 3.05) is 0 Å². The minimum atomic E-state index is -1.05. The number of nitrogens with one attached hydrogen (secondary N) is 1. The van der Waals surface area contributed by atoms with Crippen molar-refractivity contribution in [2.45, 2.75) is 51.0 Å². The Morgan fingerprint density at radius 1 is 1.15 bits per heavy atom. The zero-order valence-corrected chi connectivity index (χ0v) is 11.5. The number of carbonyl (C=O) groups is 2. The normalized spacial score (nSPS) is 17.0. The number of hydrogen-bond donors (Lipinski definition) is 2. The molecule has 108 valence electrons. The third-order valence-electron chi connectivity index (χ3n) is 3.68. The van der Waals surface area contributed by atoms with E-state index in [-0.39, 0.29) is 23.2 Å². The van der Waals surface area contributed by atoms with Gasteiger partial charge < -0.3 is 10.4 Å². The highest BCUT2D eigenvalue weighted by atomic mass is 16.4. The lowest BCUT2D eigenvalue weighted by Gasteiger charge is -2.20. The van der Waals surface area contributed by atoms with E-state index in [2.05, 4.69) is 10.3 Å². The largest absolute Gasteiger partial charge is 0.478 e. The van der Waals surface area contributed by atoms with Gasteiger partial charge in [0.25, 0.3) is 5.91 Å². The first-order valence-electron chi connectivity index (χ1n) is 7.17. The SMILES string of the molecule is O=C(O)c1ccnc(C(=O)NC2CCCCCCC2)c1. The van der Waals surface area contributed by atoms with E-state index < -0.39 is 5.97 Å². The maximum atomic E-state index is 12.1. The van der Waals surface area contributed by atoms with E-state index in [1.807, 2.05) is 0 Å². The van der Waals surface area contributed by atoms with Crippen LogP contribution >= 0.6 is 0 Å². The summed E-state index contributed by atoms with van der Waals surface area (Å²) in [6, 6.07) is 2.88. The zero-order valence-electron chi connectivity index (χ0n) is 11.5. The van der Waals surface area contributed by atoms with Crippen molar-refractivity contribution in [1.29, 1.82) is 0 Å². The molecule has 5 nitrogen and oxygen atoms in total. The second-order valence-electron chi connectivity index (χ2n) is 5.25. The molecule has 1 aromatic heterocycles. The van der Waals surface area contributed by atoms with Crippen molar-refractivity contribution in [2.24, 2.45) is 0 Å². The van der Waals surface area contributed by atoms with Crippen LogP contribution in [0.3, 0.4) is 0 Å². The van der Waals surface area contributed by atoms with Gasteiger partial charge in [0.05, 0.1) is 5.56 Å². The standard InChI is InChI=1S/C15H20N2O3/c18-14(13-10-11(15(19)20)8-9-16-13)17-12-6-4-2-1-3-5-7-12/h8-10,12H,1-7H2,(H,17,18)(H,19,20). The van der Waals surface area contributed by atoms with E-state index in [1.165, 1.54) is 37.6 Å². The van der Waals surface area contributed by atoms with Gasteiger partial charge in [0.2, 0.25) is 0 Å². The molecule has 0 saturated heterocycles. The molecule has 1 fully saturated rings. The van der Waals surface area contributed by atoms with E-state index in [1.54, 1.807) is 0 Å². The summed E-state index contributed by atoms with van der Waals surface area (Å²) in [5, 5.41) is 11.9. The Morgan fingerprint density at radius 3 is 2.45 bits per heavy atom. The molecule has 2 N–H and O–H groups in total. The molecule has 2 rings (SSSR count). The van der Waals surface area contributed by atoms with Crippen molar-refractivity contribution >= 4 is 11.9 Å². The maximum Gasteiger partial charge on any atom is 0.335 e. The molecular weight excluding hydrogens is 256 g/mol. The highest BCUT2D eigenvalue weighted by molar-refractivity contribution is 5.95. The Labute approximate surface area is 118 Å². The minimum Gasteiger partial charge on any atom is -0.478 e. The first-order chi connectivity index (χ1) is 9.66. The summed E-state index contributed by atoms with van der Waals surface area (Å²) in [4.78, 5) is 27.0. The molecule has 0 atom stereocenters. The van der Waals surface area contributed by atoms with Crippen LogP contribution < -0.4 is 5.32 Å². The van der Waals surface area contributed by atoms with Crippen LogP contribution in [0.2, 0.25) is 0 Å². The number of nitrogens with zero attached hydrogens (tertiary/aromatic N) is 1. The number of amides is 1. The summed E-state index contributed by atoms with van der Waals surface area (Å²) in [6.07, 6.45) is 9.33. The fourth-order valence-electron chi connectivity index (χ4n) is 2.55. The van der Waals surface area contributed by atoms with Crippen LogP contribution in [0, 0.1) is 0 Å². The summed E-state index contributed by atoms with van der Waals surface area (Å²) in [7, 11) is 0. The van der Waals surface area contributed by atoms with Gasteiger partial charge in [0.15, 0.2) is 0 Å². The molecule has 1 saturated carbocycles. The predicted octanol–water partition coefficient (Wildman–Crippen LogP) is 2.62. The van der Waals surface area contributed by atoms with Crippen LogP contribution in [-0.2, 0) is 0 Å². The third-order valence-corrected chi connectivity index (χ3v) is 3.68. The number of hydrogen-bond acceptors (Lipinski definition) is 3. The highest BCUT2D eigenvalue weighted by Crippen LogP contribution is 2.17. The Kier molecular flexibility index (Phi) is 5.09. The average molecular weight is 276 g/mol. The molecule has 0 aliphatic heterocycles. The van der Waals surface area contributed by atoms with Crippen LogP contribution in [0.5, 0.6) is 0 Å². The number of aromatic carboxylic acids is 1. The number of carboxylic acid groups (broad SMARTS) is 1. The lowest BCUT2D eigenvalue weighted by atomic mass is 9.96. The van der Waals surface area contributed by atoms with Gasteiger partial charge in [0.1, 0.15) is 5.69 Å². The van der Waals surface area contributed by atoms with E-state index in [0.717, 1.165) is 25.7 Å². The van der Waals surface area contributed by atoms with Crippen LogP contribution in [-0.4, -0.2) is 28.0 Å². The number of aromatic nitrogens is 1. The molecule has 1 amide bonds. The summed E-state index contributed by atoms with van der Waals surface area (Å²) >= 11 is 0. The lowest BCUT2D eigenvalue weighted by molar-refractivity contribution is 0.0696. The molecular formula is C15H20N2O3. The number of carboxylic acids is 1. The molecule has 0 radical (unpaired) electrons. The third kappa shape index (κ3) is 4.05. The fraction of sp³-hybridized carbons (Fsp3) is 0.533. The zero-order chi connectivity index (χ0) is 14.4. The van der Waals surface area contributed by atoms with Gasteiger partial charge in [-0.15, -0.1) is 0 Å². The molecule has 1 aliphatic carbocycles. The predicted molar refractivity (Wildman–Crippen MR) is 74.8 cm³/mol. The average Bonchev–Trinajstić information content (AvgIpc) is 2.41. The topological polar surface area (TPSA) is 79.3 Å². The minimum absolute atomic E-state index is 0.0859. The molecule has 1 heterocycles. The molecule has 0 unspecified atom stereocenters. The van der Waals surface area contributed by atoms with Crippen molar-refractivity contribution in [1.82, 2.24) is 10.3 Å². The highest BCUT2D eigenvalue weighted by Gasteiger charge is 2.17.